The van der Waals surface area contributed by atoms with Crippen LogP contribution in [-0.2, 0) is 32.3 Å². The van der Waals surface area contributed by atoms with E-state index < -0.39 is 69.2 Å². The van der Waals surface area contributed by atoms with Gasteiger partial charge in [-0.05, 0) is 184 Å². The molecule has 9 atom stereocenters. The van der Waals surface area contributed by atoms with E-state index in [4.69, 9.17) is 12.2 Å². The lowest BCUT2D eigenvalue weighted by Gasteiger charge is -2.47. The first kappa shape index (κ1) is 88.6. The summed E-state index contributed by atoms with van der Waals surface area (Å²) >= 11 is 10.0. The summed E-state index contributed by atoms with van der Waals surface area (Å²) in [5.74, 6) is -4.71. The van der Waals surface area contributed by atoms with E-state index in [0.29, 0.717) is 88.4 Å². The van der Waals surface area contributed by atoms with Crippen molar-refractivity contribution in [3.8, 4) is 0 Å². The topological polar surface area (TPSA) is 412 Å². The average molecular weight is 1820 g/mol. The van der Waals surface area contributed by atoms with E-state index >= 15 is 0 Å². The Morgan fingerprint density at radius 1 is 0.512 bits per heavy atom. The van der Waals surface area contributed by atoms with Gasteiger partial charge in [0.05, 0.1) is 59.5 Å². The van der Waals surface area contributed by atoms with E-state index in [9.17, 15) is 87.4 Å². The predicted molar refractivity (Wildman–Crippen MR) is 482 cm³/mol. The number of rotatable bonds is 10. The lowest BCUT2D eigenvalue weighted by atomic mass is 9.96. The van der Waals surface area contributed by atoms with Crippen molar-refractivity contribution in [3.63, 3.8) is 0 Å². The summed E-state index contributed by atoms with van der Waals surface area (Å²) < 4.78 is 0.944. The van der Waals surface area contributed by atoms with E-state index in [0.717, 1.165) is 64.6 Å². The van der Waals surface area contributed by atoms with Crippen molar-refractivity contribution in [2.75, 3.05) is 10.2 Å². The van der Waals surface area contributed by atoms with Crippen LogP contribution in [0.25, 0.3) is 10.2 Å². The monoisotopic (exact) mass is 1820 g/mol. The molecule has 8 aromatic rings. The molecule has 0 saturated carbocycles. The summed E-state index contributed by atoms with van der Waals surface area (Å²) in [6.45, 7) is 27.2. The molecule has 129 heavy (non-hydrogen) atoms. The van der Waals surface area contributed by atoms with E-state index in [1.54, 1.807) is 81.2 Å². The van der Waals surface area contributed by atoms with Gasteiger partial charge in [-0.2, -0.15) is 0 Å². The number of imide groups is 4. The van der Waals surface area contributed by atoms with Gasteiger partial charge in [0.1, 0.15) is 51.0 Å². The van der Waals surface area contributed by atoms with Gasteiger partial charge in [0.25, 0.3) is 70.4 Å². The lowest BCUT2D eigenvalue weighted by Crippen LogP contribution is -2.70. The summed E-state index contributed by atoms with van der Waals surface area (Å²) in [4.78, 5) is 211. The fourth-order valence-corrected chi connectivity index (χ4v) is 22.6. The molecule has 14 heterocycles. The molecular weight excluding hydrogens is 1730 g/mol. The molecule has 0 bridgehead atoms. The first-order valence-corrected chi connectivity index (χ1v) is 44.4. The highest BCUT2D eigenvalue weighted by Crippen LogP contribution is 2.55. The fourth-order valence-electron chi connectivity index (χ4n) is 17.7. The summed E-state index contributed by atoms with van der Waals surface area (Å²) in [5.41, 5.74) is 8.04. The highest BCUT2D eigenvalue weighted by atomic mass is 32.2. The van der Waals surface area contributed by atoms with Crippen LogP contribution >= 0.6 is 47.1 Å². The normalized spacial score (nSPS) is 23.6. The first-order valence-electron chi connectivity index (χ1n) is 41.4. The van der Waals surface area contributed by atoms with Gasteiger partial charge in [0, 0.05) is 81.1 Å². The number of fused-ring (bicyclic) bond motifs is 9. The van der Waals surface area contributed by atoms with Gasteiger partial charge in [-0.15, -0.1) is 23.5 Å². The number of benzene rings is 7. The van der Waals surface area contributed by atoms with Gasteiger partial charge >= 0.3 is 0 Å². The number of thiazole rings is 1. The van der Waals surface area contributed by atoms with Crippen molar-refractivity contribution >= 4 is 167 Å². The second-order valence-electron chi connectivity index (χ2n) is 34.0. The van der Waals surface area contributed by atoms with Crippen LogP contribution in [0.2, 0.25) is 0 Å². The zero-order chi connectivity index (χ0) is 92.3. The minimum absolute atomic E-state index is 0.00144. The third kappa shape index (κ3) is 15.5. The highest BCUT2D eigenvalue weighted by molar-refractivity contribution is 8.02. The number of hydrogen-bond donors (Lipinski definition) is 4. The predicted octanol–water partition coefficient (Wildman–Crippen LogP) is 11.9. The molecule has 14 amide bonds. The molecule has 33 nitrogen and oxygen atoms in total. The number of hydrogen-bond acceptors (Lipinski definition) is 24. The molecule has 0 aliphatic carbocycles. The standard InChI is InChI=1S/C16H19N3O2.C16H16N2O3S.C16H18N2O2S.C16H10N2O2S.C14H11N3O5.C14H11N3O4S/c1-10(2)18-12-6-5-11-9-19(16(21)13(11)8-12)14-4-3-7-17-15(14)20;1-8-16(2,3)22-15-11(14(21)17(8)15)18-12(19)9-6-4-5-7-10(9)13(18)20;1-9-16(2,3)21-15-12(14(20)18(9)15)17-8-10-6-4-5-7-11(10)13(17)19;1-9-6-7-12-13(8-9)21-16(17-12)18-14(19)10-4-2-3-5-11(10)15(18)20;1-7-5-6-10(12(18)15-7)16-13(19)8-3-2-4-9(17(21)22)11(8)14(16)20;1-7-5-6-10(12(22)15-7)16-13(18)8-3-2-4-9(17(20)21)11(8)14(16)19/h3,5-8,10,14,18H,4,9H2,1-2H3,(H,17,20);4-8,11,15H,1-3H3;4-7,9,12,15H,8H2,1-3H3;2-8H,1H3;2-4,10H,1,5-6H2,(H,15,18);2-4,10H,1,5-6H2,(H,15,22)/t;8-,11+,15+;9-,12+,15+;;;/m.00.../s1. The van der Waals surface area contributed by atoms with E-state index in [-0.39, 0.29) is 126 Å². The second kappa shape index (κ2) is 34.1. The maximum atomic E-state index is 12.6. The number of aryl methyl sites for hydroxylation is 1. The first-order chi connectivity index (χ1) is 61.3. The number of thiocarbonyl (C=S) groups is 1. The van der Waals surface area contributed by atoms with Gasteiger partial charge in [-0.1, -0.05) is 110 Å². The third-order valence-electron chi connectivity index (χ3n) is 24.9. The number of allylic oxidation sites excluding steroid dienone is 2. The molecule has 0 radical (unpaired) electrons. The van der Waals surface area contributed by atoms with Crippen molar-refractivity contribution in [1.82, 2.24) is 55.2 Å². The van der Waals surface area contributed by atoms with Crippen LogP contribution in [0.3, 0.4) is 0 Å². The maximum Gasteiger partial charge on any atom is 0.282 e. The smallest absolute Gasteiger partial charge is 0.282 e. The van der Waals surface area contributed by atoms with E-state index in [1.165, 1.54) is 46.6 Å². The Morgan fingerprint density at radius 3 is 1.51 bits per heavy atom. The van der Waals surface area contributed by atoms with Gasteiger partial charge in [-0.3, -0.25) is 102 Å². The van der Waals surface area contributed by atoms with Crippen LogP contribution in [0.4, 0.5) is 22.2 Å². The van der Waals surface area contributed by atoms with Crippen molar-refractivity contribution in [3.05, 3.63) is 275 Å². The summed E-state index contributed by atoms with van der Waals surface area (Å²) in [6.07, 6.45) is 5.81. The summed E-state index contributed by atoms with van der Waals surface area (Å²) in [6, 6.07) is 38.6. The number of carbonyl (C=O) groups excluding carboxylic acids is 14. The molecule has 6 saturated heterocycles. The minimum atomic E-state index is -0.975. The van der Waals surface area contributed by atoms with Crippen molar-refractivity contribution in [2.45, 2.75) is 176 Å². The van der Waals surface area contributed by atoms with Crippen LogP contribution < -0.4 is 26.2 Å². The largest absolute Gasteiger partial charge is 0.383 e. The molecule has 13 aliphatic heterocycles. The Bertz CT molecular complexity index is 6180. The van der Waals surface area contributed by atoms with Crippen molar-refractivity contribution in [2.24, 2.45) is 0 Å². The number of nitro groups is 2. The molecule has 21 rings (SSSR count). The summed E-state index contributed by atoms with van der Waals surface area (Å²) in [5, 5.41) is 33.9. The number of thioether (sulfide) groups is 2. The van der Waals surface area contributed by atoms with Gasteiger partial charge in [0.2, 0.25) is 28.8 Å². The highest BCUT2D eigenvalue weighted by Gasteiger charge is 2.66. The molecule has 660 valence electrons. The number of aromatic nitrogens is 1. The minimum Gasteiger partial charge on any atom is -0.383 e. The maximum absolute atomic E-state index is 12.6. The number of amides is 14. The average Bonchev–Trinajstić information content (AvgIpc) is 1.54. The van der Waals surface area contributed by atoms with Crippen molar-refractivity contribution < 1.29 is 77.0 Å². The molecule has 1 aromatic heterocycles. The molecular formula is C92H85N15O18S4. The zero-order valence-corrected chi connectivity index (χ0v) is 74.3. The number of carbonyl (C=O) groups is 14. The SMILES string of the molecule is C=C1CCC(N2C(=O)c3cccc([N+](=O)[O-])c3C2=O)C(=O)N1.C=C1CCC(N2C(=O)c3cccc([N+](=O)[O-])c3C2=O)C(=S)N1.CC(C)Nc1ccc2c(c1)C(=O)N(C1CC=CNC1=O)C2.C[C@@H]1N2C(=O)[C@@H](N3C(=O)c4ccccc4C3=O)[C@H]2SC1(C)C.C[C@@H]1N2C(=O)[C@@H](N3Cc4ccccc4C3=O)[C@H]2SC1(C)C.Cc1ccc2nc(N3C(=O)c4ccccc4C3=O)sc2c1. The molecule has 4 N–H and O–H groups in total. The Kier molecular flexibility index (Phi) is 23.4. The fraction of sp³-hybridized carbons (Fsp3) is 0.304. The van der Waals surface area contributed by atoms with E-state index in [1.807, 2.05) is 97.2 Å². The Hall–Kier alpha value is -13.8. The lowest BCUT2D eigenvalue weighted by molar-refractivity contribution is -0.385. The second-order valence-corrected chi connectivity index (χ2v) is 39.0. The van der Waals surface area contributed by atoms with Crippen LogP contribution in [0.15, 0.2) is 182 Å². The Labute approximate surface area is 756 Å². The van der Waals surface area contributed by atoms with Crippen LogP contribution in [-0.4, -0.2) is 205 Å². The molecule has 0 spiro atoms. The van der Waals surface area contributed by atoms with Crippen molar-refractivity contribution in [1.29, 1.82) is 0 Å². The van der Waals surface area contributed by atoms with Gasteiger partial charge < -0.3 is 40.9 Å². The van der Waals surface area contributed by atoms with Crippen LogP contribution in [0.5, 0.6) is 0 Å². The molecule has 13 aliphatic rings. The molecule has 6 fully saturated rings. The number of anilines is 2. The zero-order valence-electron chi connectivity index (χ0n) is 71.0. The van der Waals surface area contributed by atoms with Gasteiger partial charge in [-0.25, -0.2) is 9.88 Å². The Balaban J connectivity index is 0.000000113. The number of nitrogens with one attached hydrogen (secondary N) is 4. The quantitative estimate of drug-likeness (QED) is 0.0325. The molecule has 7 aromatic carbocycles. The summed E-state index contributed by atoms with van der Waals surface area (Å²) in [7, 11) is 0. The van der Waals surface area contributed by atoms with E-state index in [2.05, 4.69) is 87.9 Å². The number of nitrogens with zero attached hydrogens (tertiary/aromatic N) is 11. The number of nitro benzene ring substituents is 2. The Morgan fingerprint density at radius 2 is 0.984 bits per heavy atom. The van der Waals surface area contributed by atoms with Crippen LogP contribution in [0, 0.1) is 27.2 Å². The van der Waals surface area contributed by atoms with Crippen LogP contribution in [0.1, 0.15) is 208 Å². The number of β-lactam (4-membered cyclic amide) rings is 2. The van der Waals surface area contributed by atoms with Gasteiger partial charge in [0.15, 0.2) is 0 Å². The third-order valence-corrected chi connectivity index (χ3v) is 29.6. The number of piperidine rings is 2. The molecule has 37 heteroatoms. The molecule has 3 unspecified atom stereocenters.